The molecule has 1 aliphatic heterocycles. The third-order valence-corrected chi connectivity index (χ3v) is 2.45. The Labute approximate surface area is 99.3 Å². The molecule has 1 aliphatic rings. The van der Waals surface area contributed by atoms with Crippen molar-refractivity contribution < 1.29 is 37.0 Å². The maximum Gasteiger partial charge on any atom is 0.411 e. The number of likely N-dealkylation sites (tertiary alicyclic amines) is 1. The molecular formula is C9H11F4NO4. The number of carboxylic acid groups (broad SMARTS) is 1. The van der Waals surface area contributed by atoms with Gasteiger partial charge in [0.05, 0.1) is 6.54 Å². The van der Waals surface area contributed by atoms with E-state index in [1.807, 2.05) is 0 Å². The highest BCUT2D eigenvalue weighted by Gasteiger charge is 2.46. The molecule has 0 saturated carbocycles. The molecule has 18 heavy (non-hydrogen) atoms. The summed E-state index contributed by atoms with van der Waals surface area (Å²) in [5.74, 6) is -2.55. The summed E-state index contributed by atoms with van der Waals surface area (Å²) in [6.45, 7) is -3.25. The standard InChI is InChI=1S/C9H11F4NO4/c10-8(7(16)17)1-2-14(4-8)6(15)3-18-5-9(11,12)13/h1-5H2,(H,16,17). The van der Waals surface area contributed by atoms with Gasteiger partial charge in [-0.05, 0) is 0 Å². The molecular weight excluding hydrogens is 262 g/mol. The number of alkyl halides is 4. The van der Waals surface area contributed by atoms with E-state index in [4.69, 9.17) is 5.11 Å². The molecule has 0 radical (unpaired) electrons. The maximum absolute atomic E-state index is 13.5. The molecule has 1 heterocycles. The molecule has 0 aromatic heterocycles. The lowest BCUT2D eigenvalue weighted by molar-refractivity contribution is -0.177. The van der Waals surface area contributed by atoms with E-state index in [-0.39, 0.29) is 13.0 Å². The first kappa shape index (κ1) is 14.7. The number of aliphatic carboxylic acids is 1. The Kier molecular flexibility index (Phi) is 4.15. The van der Waals surface area contributed by atoms with E-state index in [1.165, 1.54) is 0 Å². The average Bonchev–Trinajstić information content (AvgIpc) is 2.60. The van der Waals surface area contributed by atoms with Gasteiger partial charge in [-0.1, -0.05) is 0 Å². The molecule has 1 unspecified atom stereocenters. The van der Waals surface area contributed by atoms with Crippen LogP contribution >= 0.6 is 0 Å². The minimum atomic E-state index is -4.55. The molecule has 5 nitrogen and oxygen atoms in total. The van der Waals surface area contributed by atoms with Crippen molar-refractivity contribution in [1.29, 1.82) is 0 Å². The monoisotopic (exact) mass is 273 g/mol. The Hall–Kier alpha value is -1.38. The molecule has 1 fully saturated rings. The van der Waals surface area contributed by atoms with Crippen molar-refractivity contribution in [3.8, 4) is 0 Å². The number of halogens is 4. The number of hydrogen-bond acceptors (Lipinski definition) is 3. The molecule has 1 amide bonds. The van der Waals surface area contributed by atoms with E-state index in [1.54, 1.807) is 0 Å². The molecule has 104 valence electrons. The second-order valence-corrected chi connectivity index (χ2v) is 3.94. The molecule has 1 saturated heterocycles. The first-order valence-electron chi connectivity index (χ1n) is 4.99. The topological polar surface area (TPSA) is 66.8 Å². The van der Waals surface area contributed by atoms with Gasteiger partial charge in [-0.2, -0.15) is 13.2 Å². The van der Waals surface area contributed by atoms with Gasteiger partial charge < -0.3 is 14.7 Å². The summed E-state index contributed by atoms with van der Waals surface area (Å²) in [5, 5.41) is 8.56. The number of carbonyl (C=O) groups is 2. The van der Waals surface area contributed by atoms with Gasteiger partial charge in [0.1, 0.15) is 13.2 Å². The molecule has 0 aliphatic carbocycles. The second-order valence-electron chi connectivity index (χ2n) is 3.94. The van der Waals surface area contributed by atoms with E-state index in [0.29, 0.717) is 0 Å². The van der Waals surface area contributed by atoms with Gasteiger partial charge in [0, 0.05) is 13.0 Å². The molecule has 9 heteroatoms. The zero-order valence-electron chi connectivity index (χ0n) is 9.17. The van der Waals surface area contributed by atoms with Crippen molar-refractivity contribution in [2.75, 3.05) is 26.3 Å². The first-order chi connectivity index (χ1) is 8.14. The van der Waals surface area contributed by atoms with Crippen molar-refractivity contribution in [3.63, 3.8) is 0 Å². The van der Waals surface area contributed by atoms with Crippen LogP contribution in [0.1, 0.15) is 6.42 Å². The predicted octanol–water partition coefficient (Wildman–Crippen LogP) is 0.591. The second kappa shape index (κ2) is 5.09. The van der Waals surface area contributed by atoms with Crippen LogP contribution < -0.4 is 0 Å². The number of hydrogen-bond donors (Lipinski definition) is 1. The quantitative estimate of drug-likeness (QED) is 0.761. The van der Waals surface area contributed by atoms with Crippen molar-refractivity contribution in [1.82, 2.24) is 4.90 Å². The van der Waals surface area contributed by atoms with Crippen LogP contribution in [0.3, 0.4) is 0 Å². The van der Waals surface area contributed by atoms with E-state index in [0.717, 1.165) is 4.90 Å². The van der Waals surface area contributed by atoms with Gasteiger partial charge in [-0.3, -0.25) is 4.79 Å². The van der Waals surface area contributed by atoms with Gasteiger partial charge in [0.2, 0.25) is 11.6 Å². The van der Waals surface area contributed by atoms with E-state index in [9.17, 15) is 27.2 Å². The van der Waals surface area contributed by atoms with Crippen LogP contribution in [-0.2, 0) is 14.3 Å². The summed E-state index contributed by atoms with van der Waals surface area (Å²) in [5.41, 5.74) is -2.53. The number of carboxylic acids is 1. The lowest BCUT2D eigenvalue weighted by Gasteiger charge is -2.17. The summed E-state index contributed by atoms with van der Waals surface area (Å²) in [4.78, 5) is 22.7. The predicted molar refractivity (Wildman–Crippen MR) is 49.5 cm³/mol. The van der Waals surface area contributed by atoms with Crippen LogP contribution in [0.4, 0.5) is 17.6 Å². The third kappa shape index (κ3) is 3.83. The van der Waals surface area contributed by atoms with Crippen molar-refractivity contribution in [2.24, 2.45) is 0 Å². The Morgan fingerprint density at radius 1 is 1.39 bits per heavy atom. The number of amides is 1. The van der Waals surface area contributed by atoms with E-state index in [2.05, 4.69) is 4.74 Å². The lowest BCUT2D eigenvalue weighted by atomic mass is 10.1. The lowest BCUT2D eigenvalue weighted by Crippen LogP contribution is -2.40. The van der Waals surface area contributed by atoms with Gasteiger partial charge in [-0.25, -0.2) is 9.18 Å². The van der Waals surface area contributed by atoms with Crippen LogP contribution in [0.5, 0.6) is 0 Å². The summed E-state index contributed by atoms with van der Waals surface area (Å²) in [7, 11) is 0. The summed E-state index contributed by atoms with van der Waals surface area (Å²) < 4.78 is 52.8. The number of nitrogens with zero attached hydrogens (tertiary/aromatic N) is 1. The van der Waals surface area contributed by atoms with Gasteiger partial charge in [0.25, 0.3) is 0 Å². The summed E-state index contributed by atoms with van der Waals surface area (Å²) in [6, 6.07) is 0. The van der Waals surface area contributed by atoms with Crippen LogP contribution in [0.15, 0.2) is 0 Å². The van der Waals surface area contributed by atoms with Crippen molar-refractivity contribution in [2.45, 2.75) is 18.3 Å². The Bertz CT molecular complexity index is 346. The van der Waals surface area contributed by atoms with Crippen molar-refractivity contribution >= 4 is 11.9 Å². The fourth-order valence-electron chi connectivity index (χ4n) is 1.51. The Morgan fingerprint density at radius 2 is 2.00 bits per heavy atom. The molecule has 1 rings (SSSR count). The van der Waals surface area contributed by atoms with Crippen LogP contribution in [0.25, 0.3) is 0 Å². The minimum Gasteiger partial charge on any atom is -0.479 e. The first-order valence-corrected chi connectivity index (χ1v) is 4.99. The zero-order chi connectivity index (χ0) is 14.0. The highest BCUT2D eigenvalue weighted by Crippen LogP contribution is 2.26. The molecule has 0 aromatic carbocycles. The normalized spacial score (nSPS) is 24.3. The highest BCUT2D eigenvalue weighted by molar-refractivity contribution is 5.82. The molecule has 1 atom stereocenters. The number of carbonyl (C=O) groups excluding carboxylic acids is 1. The Morgan fingerprint density at radius 3 is 2.44 bits per heavy atom. The number of ether oxygens (including phenoxy) is 1. The fraction of sp³-hybridized carbons (Fsp3) is 0.778. The summed E-state index contributed by atoms with van der Waals surface area (Å²) >= 11 is 0. The maximum atomic E-state index is 13.5. The van der Waals surface area contributed by atoms with Crippen molar-refractivity contribution in [3.05, 3.63) is 0 Å². The Balaban J connectivity index is 2.39. The van der Waals surface area contributed by atoms with Gasteiger partial charge in [-0.15, -0.1) is 0 Å². The molecule has 1 N–H and O–H groups in total. The fourth-order valence-corrected chi connectivity index (χ4v) is 1.51. The van der Waals surface area contributed by atoms with Gasteiger partial charge >= 0.3 is 12.1 Å². The smallest absolute Gasteiger partial charge is 0.411 e. The van der Waals surface area contributed by atoms with Crippen LogP contribution in [-0.4, -0.2) is 60.0 Å². The van der Waals surface area contributed by atoms with E-state index < -0.39 is 43.5 Å². The average molecular weight is 273 g/mol. The third-order valence-electron chi connectivity index (χ3n) is 2.45. The SMILES string of the molecule is O=C(COCC(F)(F)F)N1CCC(F)(C(=O)O)C1. The summed E-state index contributed by atoms with van der Waals surface area (Å²) in [6.07, 6.45) is -4.93. The molecule has 0 aromatic rings. The molecule has 0 spiro atoms. The minimum absolute atomic E-state index is 0.156. The highest BCUT2D eigenvalue weighted by atomic mass is 19.4. The largest absolute Gasteiger partial charge is 0.479 e. The van der Waals surface area contributed by atoms with Crippen LogP contribution in [0, 0.1) is 0 Å². The number of rotatable bonds is 4. The molecule has 0 bridgehead atoms. The van der Waals surface area contributed by atoms with E-state index >= 15 is 0 Å². The van der Waals surface area contributed by atoms with Crippen LogP contribution in [0.2, 0.25) is 0 Å². The van der Waals surface area contributed by atoms with Gasteiger partial charge in [0.15, 0.2) is 0 Å². The zero-order valence-corrected chi connectivity index (χ0v) is 9.17.